The van der Waals surface area contributed by atoms with Crippen molar-refractivity contribution in [1.29, 1.82) is 0 Å². The van der Waals surface area contributed by atoms with E-state index in [2.05, 4.69) is 11.0 Å². The van der Waals surface area contributed by atoms with Crippen LogP contribution in [0.1, 0.15) is 57.1 Å². The van der Waals surface area contributed by atoms with Gasteiger partial charge in [0.1, 0.15) is 5.76 Å². The minimum Gasteiger partial charge on any atom is -0.468 e. The van der Waals surface area contributed by atoms with Crippen molar-refractivity contribution in [3.05, 3.63) is 24.2 Å². The summed E-state index contributed by atoms with van der Waals surface area (Å²) in [6.07, 6.45) is 12.6. The lowest BCUT2D eigenvalue weighted by Gasteiger charge is -2.37. The van der Waals surface area contributed by atoms with Crippen molar-refractivity contribution in [3.8, 4) is 0 Å². The Bertz CT molecular complexity index is 389. The third-order valence-corrected chi connectivity index (χ3v) is 5.14. The van der Waals surface area contributed by atoms with Crippen molar-refractivity contribution in [3.63, 3.8) is 0 Å². The fourth-order valence-corrected chi connectivity index (χ4v) is 3.69. The maximum Gasteiger partial charge on any atom is 0.117 e. The van der Waals surface area contributed by atoms with Crippen molar-refractivity contribution in [2.45, 2.75) is 64.0 Å². The second-order valence-corrected chi connectivity index (χ2v) is 6.83. The first-order valence-corrected chi connectivity index (χ1v) is 8.28. The van der Waals surface area contributed by atoms with E-state index in [1.54, 1.807) is 6.26 Å². The summed E-state index contributed by atoms with van der Waals surface area (Å²) in [4.78, 5) is 2.64. The molecular weight excluding hydrogens is 248 g/mol. The molecule has 2 aliphatic carbocycles. The summed E-state index contributed by atoms with van der Waals surface area (Å²) >= 11 is 0. The molecule has 1 aromatic rings. The van der Waals surface area contributed by atoms with Crippen LogP contribution in [0, 0.1) is 5.41 Å². The van der Waals surface area contributed by atoms with E-state index in [9.17, 15) is 0 Å². The van der Waals surface area contributed by atoms with Gasteiger partial charge in [-0.05, 0) is 49.8 Å². The number of nitrogens with two attached hydrogens (primary N) is 1. The molecule has 0 atom stereocenters. The highest BCUT2D eigenvalue weighted by Gasteiger charge is 2.37. The van der Waals surface area contributed by atoms with Gasteiger partial charge in [0.05, 0.1) is 12.8 Å². The van der Waals surface area contributed by atoms with Crippen LogP contribution in [0.3, 0.4) is 0 Å². The molecule has 2 saturated carbocycles. The molecule has 0 bridgehead atoms. The van der Waals surface area contributed by atoms with Crippen LogP contribution in [0.4, 0.5) is 0 Å². The quantitative estimate of drug-likeness (QED) is 0.808. The first kappa shape index (κ1) is 14.2. The minimum atomic E-state index is 0.353. The third-order valence-electron chi connectivity index (χ3n) is 5.14. The third kappa shape index (κ3) is 3.44. The van der Waals surface area contributed by atoms with Crippen LogP contribution >= 0.6 is 0 Å². The summed E-state index contributed by atoms with van der Waals surface area (Å²) < 4.78 is 5.55. The molecule has 20 heavy (non-hydrogen) atoms. The first-order chi connectivity index (χ1) is 9.81. The maximum absolute atomic E-state index is 6.20. The molecule has 0 spiro atoms. The van der Waals surface area contributed by atoms with Crippen LogP contribution in [0.5, 0.6) is 0 Å². The number of hydrogen-bond donors (Lipinski definition) is 1. The zero-order chi connectivity index (χ0) is 13.8. The molecule has 1 aromatic heterocycles. The Kier molecular flexibility index (Phi) is 4.47. The molecule has 3 nitrogen and oxygen atoms in total. The van der Waals surface area contributed by atoms with Gasteiger partial charge in [-0.15, -0.1) is 0 Å². The second kappa shape index (κ2) is 6.31. The molecule has 0 saturated heterocycles. The molecule has 2 aliphatic rings. The van der Waals surface area contributed by atoms with Crippen LogP contribution in [0.15, 0.2) is 22.8 Å². The molecule has 2 N–H and O–H groups in total. The number of nitrogens with zero attached hydrogens (tertiary/aromatic N) is 1. The van der Waals surface area contributed by atoms with Crippen molar-refractivity contribution < 1.29 is 4.42 Å². The van der Waals surface area contributed by atoms with Gasteiger partial charge in [-0.25, -0.2) is 0 Å². The number of furan rings is 1. The maximum atomic E-state index is 6.20. The molecule has 3 rings (SSSR count). The van der Waals surface area contributed by atoms with E-state index in [-0.39, 0.29) is 0 Å². The van der Waals surface area contributed by atoms with Gasteiger partial charge in [0.2, 0.25) is 0 Å². The Labute approximate surface area is 122 Å². The van der Waals surface area contributed by atoms with Crippen molar-refractivity contribution in [1.82, 2.24) is 4.90 Å². The fourth-order valence-electron chi connectivity index (χ4n) is 3.69. The normalized spacial score (nSPS) is 22.9. The van der Waals surface area contributed by atoms with Gasteiger partial charge in [0.15, 0.2) is 0 Å². The summed E-state index contributed by atoms with van der Waals surface area (Å²) in [7, 11) is 0. The van der Waals surface area contributed by atoms with E-state index in [4.69, 9.17) is 10.2 Å². The average molecular weight is 276 g/mol. The highest BCUT2D eigenvalue weighted by molar-refractivity contribution is 5.01. The van der Waals surface area contributed by atoms with Gasteiger partial charge in [-0.3, -0.25) is 4.90 Å². The van der Waals surface area contributed by atoms with Gasteiger partial charge in [0, 0.05) is 12.6 Å². The molecule has 0 radical (unpaired) electrons. The molecular formula is C17H28N2O. The first-order valence-electron chi connectivity index (χ1n) is 8.28. The van der Waals surface area contributed by atoms with E-state index in [1.165, 1.54) is 51.4 Å². The van der Waals surface area contributed by atoms with E-state index >= 15 is 0 Å². The molecule has 112 valence electrons. The van der Waals surface area contributed by atoms with Crippen LogP contribution in [0.25, 0.3) is 0 Å². The highest BCUT2D eigenvalue weighted by Crippen LogP contribution is 2.38. The van der Waals surface area contributed by atoms with Crippen LogP contribution in [-0.4, -0.2) is 24.0 Å². The fraction of sp³-hybridized carbons (Fsp3) is 0.765. The minimum absolute atomic E-state index is 0.353. The molecule has 0 amide bonds. The molecule has 3 heteroatoms. The van der Waals surface area contributed by atoms with E-state index < -0.39 is 0 Å². The SMILES string of the molecule is NCC1(CN(Cc2ccco2)C2CC2)CCCCCC1. The summed E-state index contributed by atoms with van der Waals surface area (Å²) in [5.74, 6) is 1.10. The lowest BCUT2D eigenvalue weighted by molar-refractivity contribution is 0.117. The van der Waals surface area contributed by atoms with Gasteiger partial charge in [-0.2, -0.15) is 0 Å². The van der Waals surface area contributed by atoms with E-state index in [0.29, 0.717) is 5.41 Å². The Morgan fingerprint density at radius 1 is 1.20 bits per heavy atom. The Morgan fingerprint density at radius 3 is 2.50 bits per heavy atom. The molecule has 0 unspecified atom stereocenters. The van der Waals surface area contributed by atoms with Gasteiger partial charge >= 0.3 is 0 Å². The van der Waals surface area contributed by atoms with Gasteiger partial charge in [-0.1, -0.05) is 25.7 Å². The van der Waals surface area contributed by atoms with E-state index in [1.807, 2.05) is 6.07 Å². The van der Waals surface area contributed by atoms with Gasteiger partial charge in [0.25, 0.3) is 0 Å². The molecule has 0 aliphatic heterocycles. The Hall–Kier alpha value is -0.800. The largest absolute Gasteiger partial charge is 0.468 e. The van der Waals surface area contributed by atoms with Crippen molar-refractivity contribution in [2.24, 2.45) is 11.1 Å². The van der Waals surface area contributed by atoms with Crippen molar-refractivity contribution >= 4 is 0 Å². The smallest absolute Gasteiger partial charge is 0.117 e. The lowest BCUT2D eigenvalue weighted by atomic mass is 9.79. The zero-order valence-electron chi connectivity index (χ0n) is 12.5. The van der Waals surface area contributed by atoms with Crippen molar-refractivity contribution in [2.75, 3.05) is 13.1 Å². The highest BCUT2D eigenvalue weighted by atomic mass is 16.3. The lowest BCUT2D eigenvalue weighted by Crippen LogP contribution is -2.43. The summed E-state index contributed by atoms with van der Waals surface area (Å²) in [6.45, 7) is 2.96. The molecule has 2 fully saturated rings. The molecule has 1 heterocycles. The second-order valence-electron chi connectivity index (χ2n) is 6.83. The summed E-state index contributed by atoms with van der Waals surface area (Å²) in [5.41, 5.74) is 6.55. The summed E-state index contributed by atoms with van der Waals surface area (Å²) in [5, 5.41) is 0. The van der Waals surface area contributed by atoms with Crippen LogP contribution in [-0.2, 0) is 6.54 Å². The Balaban J connectivity index is 1.67. The molecule has 0 aromatic carbocycles. The van der Waals surface area contributed by atoms with Crippen LogP contribution in [0.2, 0.25) is 0 Å². The van der Waals surface area contributed by atoms with Crippen LogP contribution < -0.4 is 5.73 Å². The standard InChI is InChI=1S/C17H28N2O/c18-13-17(9-3-1-2-4-10-17)14-19(15-7-8-15)12-16-6-5-11-20-16/h5-6,11,15H,1-4,7-10,12-14,18H2. The topological polar surface area (TPSA) is 42.4 Å². The monoisotopic (exact) mass is 276 g/mol. The predicted octanol–water partition coefficient (Wildman–Crippen LogP) is 3.54. The average Bonchev–Trinajstić information content (AvgIpc) is 3.23. The Morgan fingerprint density at radius 2 is 1.95 bits per heavy atom. The number of hydrogen-bond acceptors (Lipinski definition) is 3. The van der Waals surface area contributed by atoms with Gasteiger partial charge < -0.3 is 10.2 Å². The van der Waals surface area contributed by atoms with E-state index in [0.717, 1.165) is 31.4 Å². The number of rotatable bonds is 6. The zero-order valence-corrected chi connectivity index (χ0v) is 12.5. The summed E-state index contributed by atoms with van der Waals surface area (Å²) in [6, 6.07) is 4.86. The predicted molar refractivity (Wildman–Crippen MR) is 81.3 cm³/mol.